The van der Waals surface area contributed by atoms with Crippen molar-refractivity contribution in [2.45, 2.75) is 50.2 Å². The SMILES string of the molecule is CC(C)CN(C[C@@H](O)[C@H](Cc1ccc(OCCCC(=O)N(C)C)cc1)NC(=O)O)S(=O)(=O)c1ccc2c(c1)OCO2. The number of hydrogen-bond donors (Lipinski definition) is 3. The van der Waals surface area contributed by atoms with Crippen LogP contribution in [-0.2, 0) is 21.2 Å². The van der Waals surface area contributed by atoms with Crippen molar-refractivity contribution in [2.24, 2.45) is 5.92 Å². The van der Waals surface area contributed by atoms with Crippen LogP contribution >= 0.6 is 0 Å². The number of aliphatic hydroxyl groups is 1. The highest BCUT2D eigenvalue weighted by Gasteiger charge is 2.32. The summed E-state index contributed by atoms with van der Waals surface area (Å²) in [6.45, 7) is 3.86. The van der Waals surface area contributed by atoms with Gasteiger partial charge in [-0.2, -0.15) is 4.31 Å². The first-order chi connectivity index (χ1) is 19.4. The molecule has 2 atom stereocenters. The van der Waals surface area contributed by atoms with E-state index in [2.05, 4.69) is 5.32 Å². The quantitative estimate of drug-likeness (QED) is 0.264. The Bertz CT molecular complexity index is 1280. The normalized spacial score (nSPS) is 14.1. The second kappa shape index (κ2) is 14.4. The molecular formula is C28H39N3O9S. The molecule has 0 spiro atoms. The van der Waals surface area contributed by atoms with Crippen LogP contribution in [-0.4, -0.2) is 92.6 Å². The third-order valence-corrected chi connectivity index (χ3v) is 8.22. The van der Waals surface area contributed by atoms with Crippen molar-refractivity contribution in [3.63, 3.8) is 0 Å². The van der Waals surface area contributed by atoms with Gasteiger partial charge >= 0.3 is 6.09 Å². The van der Waals surface area contributed by atoms with E-state index in [0.29, 0.717) is 42.3 Å². The lowest BCUT2D eigenvalue weighted by Gasteiger charge is -2.30. The average Bonchev–Trinajstić information content (AvgIpc) is 3.38. The van der Waals surface area contributed by atoms with Gasteiger partial charge in [-0.25, -0.2) is 13.2 Å². The molecule has 0 unspecified atom stereocenters. The van der Waals surface area contributed by atoms with E-state index < -0.39 is 28.3 Å². The van der Waals surface area contributed by atoms with Crippen molar-refractivity contribution in [1.82, 2.24) is 14.5 Å². The highest BCUT2D eigenvalue weighted by atomic mass is 32.2. The molecule has 1 heterocycles. The van der Waals surface area contributed by atoms with E-state index in [0.717, 1.165) is 4.31 Å². The number of rotatable bonds is 15. The lowest BCUT2D eigenvalue weighted by molar-refractivity contribution is -0.128. The van der Waals surface area contributed by atoms with Crippen LogP contribution in [0.25, 0.3) is 0 Å². The number of nitrogens with one attached hydrogen (secondary N) is 1. The Labute approximate surface area is 240 Å². The number of fused-ring (bicyclic) bond motifs is 1. The fourth-order valence-electron chi connectivity index (χ4n) is 4.25. The van der Waals surface area contributed by atoms with E-state index in [9.17, 15) is 28.2 Å². The van der Waals surface area contributed by atoms with Crippen LogP contribution in [0.2, 0.25) is 0 Å². The molecule has 0 radical (unpaired) electrons. The predicted molar refractivity (Wildman–Crippen MR) is 151 cm³/mol. The number of hydrogen-bond acceptors (Lipinski definition) is 8. The van der Waals surface area contributed by atoms with E-state index in [1.54, 1.807) is 38.4 Å². The molecule has 0 aromatic heterocycles. The molecule has 226 valence electrons. The topological polar surface area (TPSA) is 155 Å². The Kier molecular flexibility index (Phi) is 11.2. The smallest absolute Gasteiger partial charge is 0.404 e. The minimum atomic E-state index is -4.05. The van der Waals surface area contributed by atoms with Crippen LogP contribution < -0.4 is 19.5 Å². The van der Waals surface area contributed by atoms with E-state index in [4.69, 9.17) is 14.2 Å². The highest BCUT2D eigenvalue weighted by molar-refractivity contribution is 7.89. The fraction of sp³-hybridized carbons (Fsp3) is 0.500. The first kappa shape index (κ1) is 32.0. The van der Waals surface area contributed by atoms with Crippen molar-refractivity contribution in [1.29, 1.82) is 0 Å². The number of carbonyl (C=O) groups excluding carboxylic acids is 1. The molecule has 13 heteroatoms. The highest BCUT2D eigenvalue weighted by Crippen LogP contribution is 2.35. The van der Waals surface area contributed by atoms with Gasteiger partial charge in [0.2, 0.25) is 22.7 Å². The first-order valence-electron chi connectivity index (χ1n) is 13.4. The molecule has 2 amide bonds. The Hall–Kier alpha value is -3.55. The van der Waals surface area contributed by atoms with Crippen molar-refractivity contribution in [3.05, 3.63) is 48.0 Å². The molecule has 2 aromatic carbocycles. The van der Waals surface area contributed by atoms with E-state index >= 15 is 0 Å². The molecule has 0 bridgehead atoms. The summed E-state index contributed by atoms with van der Waals surface area (Å²) in [4.78, 5) is 24.7. The maximum atomic E-state index is 13.6. The van der Waals surface area contributed by atoms with E-state index in [-0.39, 0.29) is 43.0 Å². The molecule has 3 N–H and O–H groups in total. The van der Waals surface area contributed by atoms with Gasteiger partial charge in [-0.1, -0.05) is 26.0 Å². The third kappa shape index (κ3) is 9.23. The predicted octanol–water partition coefficient (Wildman–Crippen LogP) is 2.55. The lowest BCUT2D eigenvalue weighted by atomic mass is 10.0. The summed E-state index contributed by atoms with van der Waals surface area (Å²) in [5, 5.41) is 22.9. The Balaban J connectivity index is 1.69. The van der Waals surface area contributed by atoms with Crippen molar-refractivity contribution >= 4 is 22.0 Å². The van der Waals surface area contributed by atoms with Crippen LogP contribution in [0.4, 0.5) is 4.79 Å². The Morgan fingerprint density at radius 3 is 2.37 bits per heavy atom. The Morgan fingerprint density at radius 1 is 1.05 bits per heavy atom. The lowest BCUT2D eigenvalue weighted by Crippen LogP contribution is -2.50. The third-order valence-electron chi connectivity index (χ3n) is 6.40. The van der Waals surface area contributed by atoms with E-state index in [1.807, 2.05) is 13.8 Å². The molecule has 1 aliphatic rings. The molecule has 0 saturated carbocycles. The summed E-state index contributed by atoms with van der Waals surface area (Å²) >= 11 is 0. The summed E-state index contributed by atoms with van der Waals surface area (Å²) in [5.74, 6) is 1.31. The Morgan fingerprint density at radius 2 is 1.73 bits per heavy atom. The summed E-state index contributed by atoms with van der Waals surface area (Å²) in [7, 11) is -0.653. The van der Waals surface area contributed by atoms with Crippen LogP contribution in [0.5, 0.6) is 17.2 Å². The molecule has 2 aromatic rings. The molecule has 3 rings (SSSR count). The van der Waals surface area contributed by atoms with Gasteiger partial charge in [0.1, 0.15) is 5.75 Å². The average molecular weight is 594 g/mol. The zero-order valence-corrected chi connectivity index (χ0v) is 24.6. The molecule has 0 saturated heterocycles. The number of carbonyl (C=O) groups is 2. The standard InChI is InChI=1S/C28H39N3O9S/c1-19(2)16-31(41(36,37)22-11-12-25-26(15-22)40-18-39-25)17-24(32)23(29-28(34)35)14-20-7-9-21(10-8-20)38-13-5-6-27(33)30(3)4/h7-12,15,19,23-24,29,32H,5-6,13-14,16-18H2,1-4H3,(H,34,35)/t23-,24+/m0/s1. The van der Waals surface area contributed by atoms with Gasteiger partial charge in [0, 0.05) is 39.7 Å². The second-order valence-corrected chi connectivity index (χ2v) is 12.4. The number of carboxylic acid groups (broad SMARTS) is 1. The molecule has 1 aliphatic heterocycles. The van der Waals surface area contributed by atoms with Crippen LogP contribution in [0.1, 0.15) is 32.3 Å². The van der Waals surface area contributed by atoms with Crippen molar-refractivity contribution < 1.29 is 42.4 Å². The maximum absolute atomic E-state index is 13.6. The number of ether oxygens (including phenoxy) is 3. The molecule has 0 aliphatic carbocycles. The van der Waals surface area contributed by atoms with Gasteiger partial charge in [-0.3, -0.25) is 4.79 Å². The van der Waals surface area contributed by atoms with Gasteiger partial charge in [-0.15, -0.1) is 0 Å². The van der Waals surface area contributed by atoms with Gasteiger partial charge < -0.3 is 34.6 Å². The van der Waals surface area contributed by atoms with Crippen molar-refractivity contribution in [3.8, 4) is 17.2 Å². The zero-order valence-electron chi connectivity index (χ0n) is 23.8. The number of benzene rings is 2. The maximum Gasteiger partial charge on any atom is 0.404 e. The summed E-state index contributed by atoms with van der Waals surface area (Å²) < 4.78 is 44.6. The number of nitrogens with zero attached hydrogens (tertiary/aromatic N) is 2. The van der Waals surface area contributed by atoms with Crippen LogP contribution in [0.15, 0.2) is 47.4 Å². The largest absolute Gasteiger partial charge is 0.494 e. The van der Waals surface area contributed by atoms with E-state index in [1.165, 1.54) is 23.1 Å². The molecule has 12 nitrogen and oxygen atoms in total. The van der Waals surface area contributed by atoms with Crippen molar-refractivity contribution in [2.75, 3.05) is 40.6 Å². The van der Waals surface area contributed by atoms with Gasteiger partial charge in [0.05, 0.1) is 23.6 Å². The first-order valence-corrected chi connectivity index (χ1v) is 14.8. The summed E-state index contributed by atoms with van der Waals surface area (Å²) in [6.07, 6.45) is -1.62. The summed E-state index contributed by atoms with van der Waals surface area (Å²) in [5.41, 5.74) is 0.715. The van der Waals surface area contributed by atoms with Crippen LogP contribution in [0, 0.1) is 5.92 Å². The van der Waals surface area contributed by atoms with Gasteiger partial charge in [0.15, 0.2) is 11.5 Å². The zero-order chi connectivity index (χ0) is 30.2. The van der Waals surface area contributed by atoms with Gasteiger partial charge in [-0.05, 0) is 48.6 Å². The second-order valence-electron chi connectivity index (χ2n) is 10.4. The number of aliphatic hydroxyl groups excluding tert-OH is 1. The minimum absolute atomic E-state index is 0.000676. The number of sulfonamides is 1. The minimum Gasteiger partial charge on any atom is -0.494 e. The van der Waals surface area contributed by atoms with Gasteiger partial charge in [0.25, 0.3) is 0 Å². The van der Waals surface area contributed by atoms with Crippen LogP contribution in [0.3, 0.4) is 0 Å². The molecule has 0 fully saturated rings. The summed E-state index contributed by atoms with van der Waals surface area (Å²) in [6, 6.07) is 10.3. The molecular weight excluding hydrogens is 554 g/mol. The monoisotopic (exact) mass is 593 g/mol. The number of amides is 2. The molecule has 41 heavy (non-hydrogen) atoms. The fourth-order valence-corrected chi connectivity index (χ4v) is 5.89.